The minimum atomic E-state index is -1.12. The number of unbranched alkanes of at least 4 members (excludes halogenated alkanes) is 1. The topological polar surface area (TPSA) is 90.4 Å². The van der Waals surface area contributed by atoms with E-state index in [2.05, 4.69) is 20.1 Å². The Morgan fingerprint density at radius 1 is 1.12 bits per heavy atom. The molecule has 3 aliphatic heterocycles. The summed E-state index contributed by atoms with van der Waals surface area (Å²) < 4.78 is 6.90. The van der Waals surface area contributed by atoms with Gasteiger partial charge in [0.1, 0.15) is 11.6 Å². The zero-order valence-electron chi connectivity index (χ0n) is 24.6. The molecule has 6 atom stereocenters. The van der Waals surface area contributed by atoms with Crippen LogP contribution in [0.3, 0.4) is 0 Å². The van der Waals surface area contributed by atoms with Gasteiger partial charge in [-0.15, -0.1) is 13.2 Å². The molecule has 3 fully saturated rings. The second-order valence-electron chi connectivity index (χ2n) is 12.6. The molecule has 1 aromatic rings. The zero-order valence-corrected chi connectivity index (χ0v) is 24.6. The molecular formula is C32H45N3O5. The van der Waals surface area contributed by atoms with Crippen molar-refractivity contribution in [3.63, 3.8) is 0 Å². The van der Waals surface area contributed by atoms with E-state index in [1.54, 1.807) is 26.9 Å². The fourth-order valence-corrected chi connectivity index (χ4v) is 7.23. The fraction of sp³-hybridized carbons (Fsp3) is 0.594. The number of hydrogen-bond acceptors (Lipinski definition) is 5. The van der Waals surface area contributed by atoms with Crippen molar-refractivity contribution in [2.45, 2.75) is 76.7 Å². The molecule has 0 aliphatic carbocycles. The third-order valence-corrected chi connectivity index (χ3v) is 9.15. The Hall–Kier alpha value is -2.97. The number of rotatable bonds is 11. The Bertz CT molecular complexity index is 1150. The number of nitrogens with zero attached hydrogens (tertiary/aromatic N) is 3. The van der Waals surface area contributed by atoms with Crippen LogP contribution in [0.5, 0.6) is 0 Å². The summed E-state index contributed by atoms with van der Waals surface area (Å²) >= 11 is 0. The summed E-state index contributed by atoms with van der Waals surface area (Å²) in [6.07, 6.45) is 4.94. The van der Waals surface area contributed by atoms with Gasteiger partial charge in [0.15, 0.2) is 0 Å². The van der Waals surface area contributed by atoms with Crippen molar-refractivity contribution in [2.24, 2.45) is 17.8 Å². The Labute approximate surface area is 238 Å². The van der Waals surface area contributed by atoms with E-state index < -0.39 is 34.6 Å². The van der Waals surface area contributed by atoms with Crippen LogP contribution in [0, 0.1) is 17.8 Å². The lowest BCUT2D eigenvalue weighted by Crippen LogP contribution is -2.60. The Kier molecular flexibility index (Phi) is 8.35. The highest BCUT2D eigenvalue weighted by molar-refractivity contribution is 6.03. The van der Waals surface area contributed by atoms with Crippen LogP contribution in [-0.2, 0) is 19.1 Å². The lowest BCUT2D eigenvalue weighted by molar-refractivity contribution is -0.155. The van der Waals surface area contributed by atoms with Crippen LogP contribution in [0.1, 0.15) is 53.9 Å². The molecule has 3 aliphatic rings. The van der Waals surface area contributed by atoms with Gasteiger partial charge >= 0.3 is 0 Å². The van der Waals surface area contributed by atoms with E-state index in [1.165, 1.54) is 0 Å². The third kappa shape index (κ3) is 4.69. The van der Waals surface area contributed by atoms with Gasteiger partial charge in [0, 0.05) is 37.5 Å². The second-order valence-corrected chi connectivity index (χ2v) is 12.6. The van der Waals surface area contributed by atoms with Gasteiger partial charge in [-0.3, -0.25) is 14.4 Å². The number of carbonyl (C=O) groups excluding carboxylic acids is 3. The molecular weight excluding hydrogens is 506 g/mol. The molecule has 1 N–H and O–H groups in total. The van der Waals surface area contributed by atoms with E-state index in [4.69, 9.17) is 4.74 Å². The van der Waals surface area contributed by atoms with E-state index in [-0.39, 0.29) is 36.8 Å². The van der Waals surface area contributed by atoms with Crippen molar-refractivity contribution in [1.29, 1.82) is 0 Å². The fourth-order valence-electron chi connectivity index (χ4n) is 7.23. The number of benzene rings is 1. The summed E-state index contributed by atoms with van der Waals surface area (Å²) in [4.78, 5) is 48.4. The van der Waals surface area contributed by atoms with Crippen molar-refractivity contribution >= 4 is 23.4 Å². The lowest BCUT2D eigenvalue weighted by atomic mass is 9.62. The quantitative estimate of drug-likeness (QED) is 0.334. The molecule has 1 spiro atoms. The summed E-state index contributed by atoms with van der Waals surface area (Å²) in [5.41, 5.74) is -1.83. The predicted octanol–water partition coefficient (Wildman–Crippen LogP) is 3.80. The smallest absolute Gasteiger partial charge is 0.249 e. The number of para-hydroxylation sites is 1. The van der Waals surface area contributed by atoms with E-state index in [0.717, 1.165) is 5.69 Å². The van der Waals surface area contributed by atoms with Crippen LogP contribution >= 0.6 is 0 Å². The molecule has 3 saturated heterocycles. The molecule has 2 bridgehead atoms. The first-order valence-electron chi connectivity index (χ1n) is 14.4. The first kappa shape index (κ1) is 30.0. The zero-order chi connectivity index (χ0) is 29.5. The van der Waals surface area contributed by atoms with Gasteiger partial charge in [0.05, 0.1) is 17.4 Å². The summed E-state index contributed by atoms with van der Waals surface area (Å²) in [6.45, 7) is 18.5. The molecule has 40 heavy (non-hydrogen) atoms. The van der Waals surface area contributed by atoms with Crippen LogP contribution in [0.4, 0.5) is 5.69 Å². The normalized spacial score (nSPS) is 30.8. The molecule has 8 heteroatoms. The molecule has 0 aromatic heterocycles. The van der Waals surface area contributed by atoms with Gasteiger partial charge in [-0.25, -0.2) is 0 Å². The highest BCUT2D eigenvalue weighted by Crippen LogP contribution is 2.65. The monoisotopic (exact) mass is 551 g/mol. The molecule has 218 valence electrons. The number of hydrogen-bond donors (Lipinski definition) is 1. The van der Waals surface area contributed by atoms with E-state index in [1.807, 2.05) is 58.0 Å². The second kappa shape index (κ2) is 11.1. The maximum atomic E-state index is 14.5. The van der Waals surface area contributed by atoms with Gasteiger partial charge in [-0.1, -0.05) is 37.3 Å². The molecule has 4 rings (SSSR count). The Morgan fingerprint density at radius 2 is 1.77 bits per heavy atom. The first-order chi connectivity index (χ1) is 18.9. The van der Waals surface area contributed by atoms with Crippen LogP contribution in [0.25, 0.3) is 0 Å². The first-order valence-corrected chi connectivity index (χ1v) is 14.4. The summed E-state index contributed by atoms with van der Waals surface area (Å²) in [6, 6.07) is 8.52. The molecule has 3 heterocycles. The van der Waals surface area contributed by atoms with Gasteiger partial charge in [-0.2, -0.15) is 0 Å². The Balaban J connectivity index is 1.83. The van der Waals surface area contributed by atoms with Gasteiger partial charge < -0.3 is 24.5 Å². The molecule has 8 nitrogen and oxygen atoms in total. The predicted molar refractivity (Wildman–Crippen MR) is 155 cm³/mol. The SMILES string of the molecule is C=CCN(C(=O)[C@@H]1[C@H]2C(=O)N(CCCCO)C(C(=O)N(CC=C)C(C)(C)C)C23CC(C)[C@@]1(C)O3)c1ccccc1. The molecule has 3 unspecified atom stereocenters. The number of anilines is 1. The maximum Gasteiger partial charge on any atom is 0.249 e. The highest BCUT2D eigenvalue weighted by atomic mass is 16.5. The van der Waals surface area contributed by atoms with E-state index in [9.17, 15) is 19.5 Å². The van der Waals surface area contributed by atoms with Crippen molar-refractivity contribution < 1.29 is 24.2 Å². The standard InChI is InChI=1S/C32H45N3O5/c1-8-17-33(23-15-11-10-12-16-23)27(37)24-25-28(38)34(19-13-14-20-36)26(29(39)35(18-9-2)30(4,5)6)32(25)21-22(3)31(24,7)40-32/h8-12,15-16,22,24-26,36H,1-2,13-14,17-21H2,3-7H3/t22?,24-,25-,26?,31+,32?/m0/s1. The molecule has 3 amide bonds. The highest BCUT2D eigenvalue weighted by Gasteiger charge is 2.80. The summed E-state index contributed by atoms with van der Waals surface area (Å²) in [7, 11) is 0. The van der Waals surface area contributed by atoms with E-state index >= 15 is 0 Å². The number of aliphatic hydroxyl groups is 1. The van der Waals surface area contributed by atoms with Crippen LogP contribution in [0.15, 0.2) is 55.6 Å². The number of aliphatic hydroxyl groups excluding tert-OH is 1. The van der Waals surface area contributed by atoms with Crippen LogP contribution in [0.2, 0.25) is 0 Å². The third-order valence-electron chi connectivity index (χ3n) is 9.15. The van der Waals surface area contributed by atoms with Crippen molar-refractivity contribution in [1.82, 2.24) is 9.80 Å². The van der Waals surface area contributed by atoms with Crippen molar-refractivity contribution in [3.8, 4) is 0 Å². The molecule has 0 radical (unpaired) electrons. The largest absolute Gasteiger partial charge is 0.396 e. The number of amides is 3. The van der Waals surface area contributed by atoms with Gasteiger partial charge in [-0.05, 0) is 65.0 Å². The number of carbonyl (C=O) groups is 3. The average Bonchev–Trinajstić information content (AvgIpc) is 3.41. The van der Waals surface area contributed by atoms with E-state index in [0.29, 0.717) is 32.4 Å². The minimum Gasteiger partial charge on any atom is -0.396 e. The van der Waals surface area contributed by atoms with Crippen LogP contribution < -0.4 is 4.90 Å². The molecule has 0 saturated carbocycles. The summed E-state index contributed by atoms with van der Waals surface area (Å²) in [5.74, 6) is -2.20. The van der Waals surface area contributed by atoms with Crippen molar-refractivity contribution in [2.75, 3.05) is 31.1 Å². The lowest BCUT2D eigenvalue weighted by Gasteiger charge is -2.42. The maximum absolute atomic E-state index is 14.5. The number of ether oxygens (including phenoxy) is 1. The Morgan fingerprint density at radius 3 is 2.35 bits per heavy atom. The van der Waals surface area contributed by atoms with Gasteiger partial charge in [0.25, 0.3) is 0 Å². The average molecular weight is 552 g/mol. The van der Waals surface area contributed by atoms with Gasteiger partial charge in [0.2, 0.25) is 17.7 Å². The molecule has 1 aromatic carbocycles. The van der Waals surface area contributed by atoms with Crippen molar-refractivity contribution in [3.05, 3.63) is 55.6 Å². The minimum absolute atomic E-state index is 0.0000995. The summed E-state index contributed by atoms with van der Waals surface area (Å²) in [5, 5.41) is 9.44. The number of fused-ring (bicyclic) bond motifs is 1. The van der Waals surface area contributed by atoms with Crippen LogP contribution in [-0.4, -0.2) is 81.7 Å². The number of likely N-dealkylation sites (tertiary alicyclic amines) is 1.